The van der Waals surface area contributed by atoms with Gasteiger partial charge in [-0.05, 0) is 23.8 Å². The van der Waals surface area contributed by atoms with Crippen molar-refractivity contribution < 1.29 is 23.8 Å². The van der Waals surface area contributed by atoms with Crippen LogP contribution in [0.4, 0.5) is 0 Å². The Balaban J connectivity index is 2.04. The monoisotopic (exact) mass is 445 g/mol. The molecule has 1 aromatic heterocycles. The van der Waals surface area contributed by atoms with E-state index in [9.17, 15) is 19.5 Å². The largest absolute Gasteiger partial charge is 0.493 e. The molecule has 0 bridgehead atoms. The normalized spacial score (nSPS) is 10.6. The summed E-state index contributed by atoms with van der Waals surface area (Å²) in [5.41, 5.74) is -0.154. The number of aliphatic carboxylic acids is 1. The van der Waals surface area contributed by atoms with E-state index >= 15 is 0 Å². The first-order chi connectivity index (χ1) is 13.4. The van der Waals surface area contributed by atoms with E-state index in [1.807, 2.05) is 6.07 Å². The number of carboxylic acid groups (broad SMARTS) is 1. The molecule has 8 heteroatoms. The zero-order chi connectivity index (χ0) is 20.3. The Morgan fingerprint density at radius 3 is 2.54 bits per heavy atom. The number of carbonyl (C=O) groups is 2. The average Bonchev–Trinajstić information content (AvgIpc) is 2.66. The molecule has 0 spiro atoms. The van der Waals surface area contributed by atoms with Crippen LogP contribution in [0.5, 0.6) is 5.75 Å². The van der Waals surface area contributed by atoms with E-state index in [2.05, 4.69) is 15.9 Å². The number of fused-ring (bicyclic) bond motifs is 1. The van der Waals surface area contributed by atoms with Gasteiger partial charge in [-0.25, -0.2) is 4.79 Å². The summed E-state index contributed by atoms with van der Waals surface area (Å²) >= 11 is 3.34. The standard InChI is InChI=1S/C20H16BrNO6/c1-27-16-9-14(21)7-13-8-15(20(26)28-18(13)16)19(25)22(11-17(23)24)10-12-5-3-2-4-6-12/h2-9H,10-11H2,1H3,(H,23,24). The third-order valence-electron chi connectivity index (χ3n) is 4.04. The highest BCUT2D eigenvalue weighted by Crippen LogP contribution is 2.29. The molecular formula is C20H16BrNO6. The van der Waals surface area contributed by atoms with Crippen molar-refractivity contribution >= 4 is 38.8 Å². The molecule has 0 unspecified atom stereocenters. The molecule has 1 amide bonds. The molecule has 1 N–H and O–H groups in total. The van der Waals surface area contributed by atoms with E-state index in [4.69, 9.17) is 9.15 Å². The minimum Gasteiger partial charge on any atom is -0.493 e. The minimum absolute atomic E-state index is 0.0469. The Morgan fingerprint density at radius 1 is 1.18 bits per heavy atom. The Morgan fingerprint density at radius 2 is 1.89 bits per heavy atom. The smallest absolute Gasteiger partial charge is 0.349 e. The predicted octanol–water partition coefficient (Wildman–Crippen LogP) is 3.29. The number of hydrogen-bond acceptors (Lipinski definition) is 5. The molecule has 28 heavy (non-hydrogen) atoms. The van der Waals surface area contributed by atoms with E-state index in [0.29, 0.717) is 15.6 Å². The first kappa shape index (κ1) is 19.6. The van der Waals surface area contributed by atoms with Crippen LogP contribution in [0, 0.1) is 0 Å². The number of carboxylic acids is 1. The van der Waals surface area contributed by atoms with Gasteiger partial charge in [0.05, 0.1) is 7.11 Å². The van der Waals surface area contributed by atoms with E-state index in [-0.39, 0.29) is 17.7 Å². The number of nitrogens with zero attached hydrogens (tertiary/aromatic N) is 1. The number of amides is 1. The van der Waals surface area contributed by atoms with Crippen molar-refractivity contribution in [1.29, 1.82) is 0 Å². The molecule has 7 nitrogen and oxygen atoms in total. The molecule has 0 aliphatic heterocycles. The van der Waals surface area contributed by atoms with Crippen molar-refractivity contribution in [2.24, 2.45) is 0 Å². The maximum atomic E-state index is 12.9. The molecule has 0 atom stereocenters. The van der Waals surface area contributed by atoms with Crippen LogP contribution in [0.3, 0.4) is 0 Å². The maximum Gasteiger partial charge on any atom is 0.349 e. The van der Waals surface area contributed by atoms with E-state index < -0.39 is 24.0 Å². The Hall–Kier alpha value is -3.13. The first-order valence-corrected chi connectivity index (χ1v) is 9.04. The summed E-state index contributed by atoms with van der Waals surface area (Å²) in [5.74, 6) is -1.56. The number of halogens is 1. The quantitative estimate of drug-likeness (QED) is 0.584. The summed E-state index contributed by atoms with van der Waals surface area (Å²) in [6, 6.07) is 13.6. The van der Waals surface area contributed by atoms with Crippen molar-refractivity contribution in [3.63, 3.8) is 0 Å². The molecule has 0 aliphatic carbocycles. The van der Waals surface area contributed by atoms with Crippen LogP contribution in [0.15, 0.2) is 62.2 Å². The highest BCUT2D eigenvalue weighted by Gasteiger charge is 2.23. The van der Waals surface area contributed by atoms with Crippen LogP contribution >= 0.6 is 15.9 Å². The minimum atomic E-state index is -1.18. The van der Waals surface area contributed by atoms with Crippen molar-refractivity contribution in [3.05, 3.63) is 74.6 Å². The van der Waals surface area contributed by atoms with Gasteiger partial charge < -0.3 is 19.2 Å². The third kappa shape index (κ3) is 4.23. The van der Waals surface area contributed by atoms with Crippen LogP contribution in [0.2, 0.25) is 0 Å². The summed E-state index contributed by atoms with van der Waals surface area (Å²) in [6.45, 7) is -0.502. The van der Waals surface area contributed by atoms with Gasteiger partial charge in [-0.1, -0.05) is 46.3 Å². The lowest BCUT2D eigenvalue weighted by atomic mass is 10.1. The van der Waals surface area contributed by atoms with Gasteiger partial charge in [0.15, 0.2) is 11.3 Å². The fourth-order valence-corrected chi connectivity index (χ4v) is 3.26. The van der Waals surface area contributed by atoms with Crippen LogP contribution in [0.25, 0.3) is 11.0 Å². The number of methoxy groups -OCH3 is 1. The number of hydrogen-bond donors (Lipinski definition) is 1. The second kappa shape index (κ2) is 8.26. The van der Waals surface area contributed by atoms with Crippen molar-refractivity contribution in [3.8, 4) is 5.75 Å². The van der Waals surface area contributed by atoms with Crippen LogP contribution in [-0.2, 0) is 11.3 Å². The maximum absolute atomic E-state index is 12.9. The molecule has 0 aliphatic rings. The number of rotatable bonds is 6. The highest BCUT2D eigenvalue weighted by molar-refractivity contribution is 9.10. The predicted molar refractivity (Wildman–Crippen MR) is 106 cm³/mol. The second-order valence-corrected chi connectivity index (χ2v) is 6.93. The van der Waals surface area contributed by atoms with Gasteiger partial charge in [0.25, 0.3) is 5.91 Å². The molecule has 1 heterocycles. The summed E-state index contributed by atoms with van der Waals surface area (Å²) in [6.07, 6.45) is 0. The lowest BCUT2D eigenvalue weighted by Gasteiger charge is -2.20. The average molecular weight is 446 g/mol. The Kier molecular flexibility index (Phi) is 5.79. The van der Waals surface area contributed by atoms with Crippen LogP contribution in [0.1, 0.15) is 15.9 Å². The summed E-state index contributed by atoms with van der Waals surface area (Å²) in [7, 11) is 1.44. The van der Waals surface area contributed by atoms with Gasteiger partial charge in [-0.15, -0.1) is 0 Å². The summed E-state index contributed by atoms with van der Waals surface area (Å²) in [5, 5.41) is 9.66. The number of carbonyl (C=O) groups excluding carboxylic acids is 1. The summed E-state index contributed by atoms with van der Waals surface area (Å²) < 4.78 is 11.2. The molecule has 144 valence electrons. The molecular weight excluding hydrogens is 430 g/mol. The molecule has 0 radical (unpaired) electrons. The molecule has 3 rings (SSSR count). The molecule has 0 fully saturated rings. The third-order valence-corrected chi connectivity index (χ3v) is 4.50. The number of ether oxygens (including phenoxy) is 1. The topological polar surface area (TPSA) is 97.0 Å². The number of benzene rings is 2. The van der Waals surface area contributed by atoms with Gasteiger partial charge in [0.2, 0.25) is 0 Å². The van der Waals surface area contributed by atoms with E-state index in [1.54, 1.807) is 36.4 Å². The van der Waals surface area contributed by atoms with Crippen LogP contribution < -0.4 is 10.4 Å². The second-order valence-electron chi connectivity index (χ2n) is 6.01. The van der Waals surface area contributed by atoms with E-state index in [1.165, 1.54) is 13.2 Å². The molecule has 2 aromatic carbocycles. The Bertz CT molecular complexity index is 1090. The zero-order valence-corrected chi connectivity index (χ0v) is 16.4. The van der Waals surface area contributed by atoms with Crippen molar-refractivity contribution in [1.82, 2.24) is 4.90 Å². The first-order valence-electron chi connectivity index (χ1n) is 8.25. The van der Waals surface area contributed by atoms with Gasteiger partial charge >= 0.3 is 11.6 Å². The lowest BCUT2D eigenvalue weighted by Crippen LogP contribution is -2.37. The highest BCUT2D eigenvalue weighted by atomic mass is 79.9. The van der Waals surface area contributed by atoms with Gasteiger partial charge in [0.1, 0.15) is 12.1 Å². The molecule has 3 aromatic rings. The SMILES string of the molecule is COc1cc(Br)cc2cc(C(=O)N(CC(=O)O)Cc3ccccc3)c(=O)oc12. The van der Waals surface area contributed by atoms with Gasteiger partial charge in [0, 0.05) is 16.4 Å². The Labute approximate surface area is 168 Å². The zero-order valence-electron chi connectivity index (χ0n) is 14.8. The van der Waals surface area contributed by atoms with Crippen LogP contribution in [-0.4, -0.2) is 35.5 Å². The van der Waals surface area contributed by atoms with Crippen molar-refractivity contribution in [2.75, 3.05) is 13.7 Å². The molecule has 0 saturated carbocycles. The lowest BCUT2D eigenvalue weighted by molar-refractivity contribution is -0.137. The van der Waals surface area contributed by atoms with Gasteiger partial charge in [-0.2, -0.15) is 0 Å². The fraction of sp³-hybridized carbons (Fsp3) is 0.150. The van der Waals surface area contributed by atoms with E-state index in [0.717, 1.165) is 10.5 Å². The summed E-state index contributed by atoms with van der Waals surface area (Å²) in [4.78, 5) is 37.7. The fourth-order valence-electron chi connectivity index (χ4n) is 2.80. The van der Waals surface area contributed by atoms with Gasteiger partial charge in [-0.3, -0.25) is 9.59 Å². The van der Waals surface area contributed by atoms with Crippen molar-refractivity contribution in [2.45, 2.75) is 6.54 Å². The molecule has 0 saturated heterocycles.